The van der Waals surface area contributed by atoms with Crippen molar-refractivity contribution < 1.29 is 18.3 Å². The normalized spacial score (nSPS) is 10.5. The fourth-order valence-corrected chi connectivity index (χ4v) is 2.10. The Bertz CT molecular complexity index is 673. The molecular weight excluding hydrogens is 274 g/mol. The zero-order chi connectivity index (χ0) is 15.6. The van der Waals surface area contributed by atoms with Crippen LogP contribution in [0.2, 0.25) is 0 Å². The fraction of sp³-hybridized carbons (Fsp3) is 0.235. The van der Waals surface area contributed by atoms with E-state index < -0.39 is 24.0 Å². The quantitative estimate of drug-likeness (QED) is 0.791. The highest BCUT2D eigenvalue weighted by molar-refractivity contribution is 5.98. The average Bonchev–Trinajstić information content (AvgIpc) is 2.42. The fourth-order valence-electron chi connectivity index (χ4n) is 2.10. The lowest BCUT2D eigenvalue weighted by atomic mass is 9.98. The Morgan fingerprint density at radius 2 is 1.57 bits per heavy atom. The molecule has 0 aliphatic carbocycles. The Morgan fingerprint density at radius 3 is 2.19 bits per heavy atom. The molecule has 2 rings (SSSR count). The van der Waals surface area contributed by atoms with E-state index in [0.717, 1.165) is 28.8 Å². The van der Waals surface area contributed by atoms with Gasteiger partial charge in [-0.1, -0.05) is 12.1 Å². The van der Waals surface area contributed by atoms with Crippen LogP contribution in [0.25, 0.3) is 0 Å². The van der Waals surface area contributed by atoms with Crippen LogP contribution >= 0.6 is 0 Å². The lowest BCUT2D eigenvalue weighted by Gasteiger charge is -2.11. The first-order chi connectivity index (χ1) is 9.90. The number of hydrogen-bond donors (Lipinski definition) is 0. The Labute approximate surface area is 122 Å². The minimum atomic E-state index is -0.820. The SMILES string of the molecule is Cc1cc(C)c(C(=O)COc2c(F)cccc2F)cc1C. The molecule has 2 aromatic carbocycles. The van der Waals surface area contributed by atoms with Gasteiger partial charge in [0.2, 0.25) is 0 Å². The predicted molar refractivity (Wildman–Crippen MR) is 76.8 cm³/mol. The molecule has 0 amide bonds. The van der Waals surface area contributed by atoms with Gasteiger partial charge in [0.15, 0.2) is 29.8 Å². The van der Waals surface area contributed by atoms with Crippen LogP contribution in [0.4, 0.5) is 8.78 Å². The van der Waals surface area contributed by atoms with Crippen molar-refractivity contribution in [2.75, 3.05) is 6.61 Å². The standard InChI is InChI=1S/C17H16F2O2/c1-10-7-12(3)13(8-11(10)2)16(20)9-21-17-14(18)5-4-6-15(17)19/h4-8H,9H2,1-3H3. The van der Waals surface area contributed by atoms with Gasteiger partial charge in [0.05, 0.1) is 0 Å². The molecule has 2 aromatic rings. The number of rotatable bonds is 4. The largest absolute Gasteiger partial charge is 0.479 e. The van der Waals surface area contributed by atoms with Crippen LogP contribution in [0.1, 0.15) is 27.0 Å². The molecule has 0 N–H and O–H groups in total. The van der Waals surface area contributed by atoms with E-state index in [9.17, 15) is 13.6 Å². The number of hydrogen-bond acceptors (Lipinski definition) is 2. The minimum Gasteiger partial charge on any atom is -0.479 e. The number of ether oxygens (including phenoxy) is 1. The smallest absolute Gasteiger partial charge is 0.200 e. The number of carbonyl (C=O) groups excluding carboxylic acids is 1. The summed E-state index contributed by atoms with van der Waals surface area (Å²) < 4.78 is 31.9. The number of carbonyl (C=O) groups is 1. The van der Waals surface area contributed by atoms with Crippen LogP contribution in [0.3, 0.4) is 0 Å². The topological polar surface area (TPSA) is 26.3 Å². The zero-order valence-corrected chi connectivity index (χ0v) is 12.2. The van der Waals surface area contributed by atoms with E-state index in [0.29, 0.717) is 5.56 Å². The van der Waals surface area contributed by atoms with E-state index in [-0.39, 0.29) is 5.78 Å². The van der Waals surface area contributed by atoms with Crippen LogP contribution in [0.5, 0.6) is 5.75 Å². The molecule has 4 heteroatoms. The summed E-state index contributed by atoms with van der Waals surface area (Å²) in [6, 6.07) is 7.10. The lowest BCUT2D eigenvalue weighted by Crippen LogP contribution is -2.14. The van der Waals surface area contributed by atoms with Gasteiger partial charge in [-0.05, 0) is 55.7 Å². The first-order valence-electron chi connectivity index (χ1n) is 6.58. The van der Waals surface area contributed by atoms with Gasteiger partial charge in [0, 0.05) is 5.56 Å². The van der Waals surface area contributed by atoms with Crippen molar-refractivity contribution in [3.05, 3.63) is 64.2 Å². The van der Waals surface area contributed by atoms with Crippen molar-refractivity contribution >= 4 is 5.78 Å². The molecule has 0 aliphatic heterocycles. The molecule has 2 nitrogen and oxygen atoms in total. The van der Waals surface area contributed by atoms with E-state index in [1.54, 1.807) is 6.07 Å². The average molecular weight is 290 g/mol. The molecule has 0 aliphatic rings. The van der Waals surface area contributed by atoms with E-state index in [2.05, 4.69) is 0 Å². The second-order valence-electron chi connectivity index (χ2n) is 5.01. The van der Waals surface area contributed by atoms with Crippen molar-refractivity contribution in [2.45, 2.75) is 20.8 Å². The molecule has 0 spiro atoms. The van der Waals surface area contributed by atoms with Crippen molar-refractivity contribution in [3.63, 3.8) is 0 Å². The van der Waals surface area contributed by atoms with E-state index in [1.165, 1.54) is 6.07 Å². The van der Waals surface area contributed by atoms with Crippen molar-refractivity contribution in [1.29, 1.82) is 0 Å². The van der Waals surface area contributed by atoms with Crippen LogP contribution in [-0.2, 0) is 0 Å². The van der Waals surface area contributed by atoms with Gasteiger partial charge in [-0.25, -0.2) is 8.78 Å². The summed E-state index contributed by atoms with van der Waals surface area (Å²) in [4.78, 5) is 12.2. The number of benzene rings is 2. The molecule has 0 saturated carbocycles. The van der Waals surface area contributed by atoms with E-state index in [1.807, 2.05) is 26.8 Å². The van der Waals surface area contributed by atoms with Crippen LogP contribution < -0.4 is 4.74 Å². The van der Waals surface area contributed by atoms with Gasteiger partial charge >= 0.3 is 0 Å². The third-order valence-corrected chi connectivity index (χ3v) is 3.41. The maximum Gasteiger partial charge on any atom is 0.200 e. The predicted octanol–water partition coefficient (Wildman–Crippen LogP) is 4.15. The zero-order valence-electron chi connectivity index (χ0n) is 12.2. The van der Waals surface area contributed by atoms with Gasteiger partial charge in [-0.3, -0.25) is 4.79 Å². The summed E-state index contributed by atoms with van der Waals surface area (Å²) >= 11 is 0. The summed E-state index contributed by atoms with van der Waals surface area (Å²) in [6.07, 6.45) is 0. The van der Waals surface area contributed by atoms with Gasteiger partial charge < -0.3 is 4.74 Å². The van der Waals surface area contributed by atoms with Crippen molar-refractivity contribution in [3.8, 4) is 5.75 Å². The second kappa shape index (κ2) is 6.04. The maximum atomic E-state index is 13.4. The highest BCUT2D eigenvalue weighted by Gasteiger charge is 2.15. The summed E-state index contributed by atoms with van der Waals surface area (Å²) in [6.45, 7) is 5.29. The number of halogens is 2. The third kappa shape index (κ3) is 3.27. The minimum absolute atomic E-state index is 0.307. The highest BCUT2D eigenvalue weighted by Crippen LogP contribution is 2.22. The molecule has 21 heavy (non-hydrogen) atoms. The van der Waals surface area contributed by atoms with Crippen molar-refractivity contribution in [1.82, 2.24) is 0 Å². The summed E-state index contributed by atoms with van der Waals surface area (Å²) in [5, 5.41) is 0. The van der Waals surface area contributed by atoms with E-state index in [4.69, 9.17) is 4.74 Å². The molecular formula is C17H16F2O2. The molecule has 0 unspecified atom stereocenters. The van der Waals surface area contributed by atoms with Gasteiger partial charge in [0.1, 0.15) is 0 Å². The number of aryl methyl sites for hydroxylation is 3. The highest BCUT2D eigenvalue weighted by atomic mass is 19.1. The Kier molecular flexibility index (Phi) is 4.36. The molecule has 0 radical (unpaired) electrons. The van der Waals surface area contributed by atoms with Gasteiger partial charge in [0.25, 0.3) is 0 Å². The molecule has 0 aromatic heterocycles. The van der Waals surface area contributed by atoms with Crippen LogP contribution in [-0.4, -0.2) is 12.4 Å². The summed E-state index contributed by atoms with van der Waals surface area (Å²) in [5.41, 5.74) is 3.40. The number of ketones is 1. The Balaban J connectivity index is 2.18. The Morgan fingerprint density at radius 1 is 1.00 bits per heavy atom. The monoisotopic (exact) mass is 290 g/mol. The maximum absolute atomic E-state index is 13.4. The molecule has 0 saturated heterocycles. The first kappa shape index (κ1) is 15.2. The van der Waals surface area contributed by atoms with Crippen molar-refractivity contribution in [2.24, 2.45) is 0 Å². The first-order valence-corrected chi connectivity index (χ1v) is 6.58. The third-order valence-electron chi connectivity index (χ3n) is 3.41. The summed E-state index contributed by atoms with van der Waals surface area (Å²) in [7, 11) is 0. The summed E-state index contributed by atoms with van der Waals surface area (Å²) in [5.74, 6) is -2.47. The molecule has 110 valence electrons. The number of para-hydroxylation sites is 1. The Hall–Kier alpha value is -2.23. The molecule has 0 heterocycles. The van der Waals surface area contributed by atoms with Gasteiger partial charge in [-0.15, -0.1) is 0 Å². The molecule has 0 fully saturated rings. The van der Waals surface area contributed by atoms with E-state index >= 15 is 0 Å². The molecule has 0 atom stereocenters. The second-order valence-corrected chi connectivity index (χ2v) is 5.01. The van der Waals surface area contributed by atoms with Crippen LogP contribution in [0.15, 0.2) is 30.3 Å². The molecule has 0 bridgehead atoms. The lowest BCUT2D eigenvalue weighted by molar-refractivity contribution is 0.0915. The number of Topliss-reactive ketones (excluding diaryl/α,β-unsaturated/α-hetero) is 1. The van der Waals surface area contributed by atoms with Crippen LogP contribution in [0, 0.1) is 32.4 Å². The van der Waals surface area contributed by atoms with Gasteiger partial charge in [-0.2, -0.15) is 0 Å².